The molecule has 0 saturated carbocycles. The van der Waals surface area contributed by atoms with Gasteiger partial charge in [-0.1, -0.05) is 0 Å². The van der Waals surface area contributed by atoms with E-state index in [2.05, 4.69) is 5.32 Å². The van der Waals surface area contributed by atoms with Crippen LogP contribution < -0.4 is 5.32 Å². The van der Waals surface area contributed by atoms with Crippen molar-refractivity contribution in [3.8, 4) is 0 Å². The Morgan fingerprint density at radius 1 is 1.70 bits per heavy atom. The fourth-order valence-corrected chi connectivity index (χ4v) is 1.36. The molecule has 1 rings (SSSR count). The van der Waals surface area contributed by atoms with Crippen molar-refractivity contribution in [3.05, 3.63) is 16.3 Å². The Balaban J connectivity index is 2.74. The number of amides is 1. The molecule has 1 heterocycles. The highest BCUT2D eigenvalue weighted by Gasteiger charge is 1.98. The standard InChI is InChI=1S/C7H9NOS/c1-5-7(3-4-10-5)8-6(2)9/h3-4H,1-2H3,(H,8,9). The summed E-state index contributed by atoms with van der Waals surface area (Å²) in [6.45, 7) is 3.49. The minimum absolute atomic E-state index is 0.0125. The average molecular weight is 155 g/mol. The topological polar surface area (TPSA) is 29.1 Å². The molecule has 0 bridgehead atoms. The van der Waals surface area contributed by atoms with Gasteiger partial charge >= 0.3 is 0 Å². The van der Waals surface area contributed by atoms with Gasteiger partial charge in [-0.15, -0.1) is 11.3 Å². The maximum Gasteiger partial charge on any atom is 0.221 e. The van der Waals surface area contributed by atoms with Gasteiger partial charge in [-0.25, -0.2) is 0 Å². The van der Waals surface area contributed by atoms with E-state index in [0.717, 1.165) is 10.6 Å². The van der Waals surface area contributed by atoms with Crippen LogP contribution >= 0.6 is 11.3 Å². The monoisotopic (exact) mass is 155 g/mol. The molecule has 0 aliphatic rings. The second-order valence-corrected chi connectivity index (χ2v) is 3.19. The molecule has 2 nitrogen and oxygen atoms in total. The Kier molecular flexibility index (Phi) is 2.06. The predicted octanol–water partition coefficient (Wildman–Crippen LogP) is 2.01. The van der Waals surface area contributed by atoms with Gasteiger partial charge in [0.15, 0.2) is 0 Å². The maximum absolute atomic E-state index is 10.6. The Hall–Kier alpha value is -0.830. The number of hydrogen-bond acceptors (Lipinski definition) is 2. The van der Waals surface area contributed by atoms with E-state index in [4.69, 9.17) is 0 Å². The summed E-state index contributed by atoms with van der Waals surface area (Å²) in [7, 11) is 0. The molecule has 1 aromatic rings. The normalized spacial score (nSPS) is 9.40. The van der Waals surface area contributed by atoms with Gasteiger partial charge in [-0.2, -0.15) is 0 Å². The zero-order chi connectivity index (χ0) is 7.56. The van der Waals surface area contributed by atoms with Crippen LogP contribution in [-0.4, -0.2) is 5.91 Å². The largest absolute Gasteiger partial charge is 0.325 e. The number of aryl methyl sites for hydroxylation is 1. The molecule has 1 aromatic heterocycles. The van der Waals surface area contributed by atoms with Crippen molar-refractivity contribution >= 4 is 22.9 Å². The van der Waals surface area contributed by atoms with Gasteiger partial charge in [-0.3, -0.25) is 4.79 Å². The van der Waals surface area contributed by atoms with Crippen molar-refractivity contribution in [1.82, 2.24) is 0 Å². The summed E-state index contributed by atoms with van der Waals surface area (Å²) in [5, 5.41) is 4.68. The smallest absolute Gasteiger partial charge is 0.221 e. The second-order valence-electron chi connectivity index (χ2n) is 2.07. The van der Waals surface area contributed by atoms with Crippen LogP contribution in [0.3, 0.4) is 0 Å². The fraction of sp³-hybridized carbons (Fsp3) is 0.286. The van der Waals surface area contributed by atoms with Crippen LogP contribution in [0.25, 0.3) is 0 Å². The highest BCUT2D eigenvalue weighted by atomic mass is 32.1. The number of carbonyl (C=O) groups is 1. The third-order valence-electron chi connectivity index (χ3n) is 1.17. The first kappa shape index (κ1) is 7.28. The summed E-state index contributed by atoms with van der Waals surface area (Å²) in [6.07, 6.45) is 0. The van der Waals surface area contributed by atoms with Crippen LogP contribution in [-0.2, 0) is 4.79 Å². The van der Waals surface area contributed by atoms with Gasteiger partial charge < -0.3 is 5.32 Å². The van der Waals surface area contributed by atoms with E-state index >= 15 is 0 Å². The summed E-state index contributed by atoms with van der Waals surface area (Å²) in [5.41, 5.74) is 0.928. The Labute approximate surface area is 63.9 Å². The van der Waals surface area contributed by atoms with E-state index < -0.39 is 0 Å². The summed E-state index contributed by atoms with van der Waals surface area (Å²) >= 11 is 1.63. The quantitative estimate of drug-likeness (QED) is 0.660. The van der Waals surface area contributed by atoms with Crippen molar-refractivity contribution < 1.29 is 4.79 Å². The van der Waals surface area contributed by atoms with Gasteiger partial charge in [0, 0.05) is 11.8 Å². The maximum atomic E-state index is 10.6. The van der Waals surface area contributed by atoms with Crippen LogP contribution in [0.15, 0.2) is 11.4 Å². The average Bonchev–Trinajstić information content (AvgIpc) is 2.15. The minimum atomic E-state index is -0.0125. The molecule has 0 aliphatic carbocycles. The Bertz CT molecular complexity index is 242. The van der Waals surface area contributed by atoms with E-state index in [-0.39, 0.29) is 5.91 Å². The SMILES string of the molecule is CC(=O)Nc1ccsc1C. The zero-order valence-electron chi connectivity index (χ0n) is 5.97. The molecular weight excluding hydrogens is 146 g/mol. The van der Waals surface area contributed by atoms with Gasteiger partial charge in [0.1, 0.15) is 0 Å². The molecule has 1 N–H and O–H groups in total. The van der Waals surface area contributed by atoms with Crippen LogP contribution in [0.1, 0.15) is 11.8 Å². The Morgan fingerprint density at radius 3 is 2.80 bits per heavy atom. The lowest BCUT2D eigenvalue weighted by Gasteiger charge is -1.97. The molecule has 0 saturated heterocycles. The van der Waals surface area contributed by atoms with Crippen LogP contribution in [0.5, 0.6) is 0 Å². The highest BCUT2D eigenvalue weighted by molar-refractivity contribution is 7.10. The van der Waals surface area contributed by atoms with E-state index in [9.17, 15) is 4.79 Å². The third-order valence-corrected chi connectivity index (χ3v) is 2.02. The lowest BCUT2D eigenvalue weighted by Crippen LogP contribution is -2.05. The molecule has 3 heteroatoms. The highest BCUT2D eigenvalue weighted by Crippen LogP contribution is 2.19. The van der Waals surface area contributed by atoms with E-state index in [1.807, 2.05) is 18.4 Å². The lowest BCUT2D eigenvalue weighted by molar-refractivity contribution is -0.114. The van der Waals surface area contributed by atoms with Crippen molar-refractivity contribution in [2.45, 2.75) is 13.8 Å². The van der Waals surface area contributed by atoms with E-state index in [0.29, 0.717) is 0 Å². The van der Waals surface area contributed by atoms with Crippen LogP contribution in [0.2, 0.25) is 0 Å². The molecule has 10 heavy (non-hydrogen) atoms. The van der Waals surface area contributed by atoms with Crippen molar-refractivity contribution in [3.63, 3.8) is 0 Å². The zero-order valence-corrected chi connectivity index (χ0v) is 6.79. The van der Waals surface area contributed by atoms with Gasteiger partial charge in [0.05, 0.1) is 5.69 Å². The van der Waals surface area contributed by atoms with Gasteiger partial charge in [0.2, 0.25) is 5.91 Å². The molecule has 0 atom stereocenters. The molecular formula is C7H9NOS. The van der Waals surface area contributed by atoms with Crippen molar-refractivity contribution in [1.29, 1.82) is 0 Å². The van der Waals surface area contributed by atoms with Crippen LogP contribution in [0, 0.1) is 6.92 Å². The first-order chi connectivity index (χ1) is 4.70. The lowest BCUT2D eigenvalue weighted by atomic mass is 10.4. The molecule has 1 amide bonds. The number of nitrogens with one attached hydrogen (secondary N) is 1. The molecule has 0 radical (unpaired) electrons. The molecule has 0 aromatic carbocycles. The van der Waals surface area contributed by atoms with Crippen LogP contribution in [0.4, 0.5) is 5.69 Å². The predicted molar refractivity (Wildman–Crippen MR) is 43.4 cm³/mol. The molecule has 0 spiro atoms. The first-order valence-corrected chi connectivity index (χ1v) is 3.90. The number of rotatable bonds is 1. The van der Waals surface area contributed by atoms with Crippen molar-refractivity contribution in [2.75, 3.05) is 5.32 Å². The summed E-state index contributed by atoms with van der Waals surface area (Å²) in [6, 6.07) is 1.90. The number of carbonyl (C=O) groups excluding carboxylic acids is 1. The minimum Gasteiger partial charge on any atom is -0.325 e. The van der Waals surface area contributed by atoms with Crippen molar-refractivity contribution in [2.24, 2.45) is 0 Å². The third kappa shape index (κ3) is 1.57. The number of thiophene rings is 1. The summed E-state index contributed by atoms with van der Waals surface area (Å²) < 4.78 is 0. The molecule has 0 aliphatic heterocycles. The molecule has 0 fully saturated rings. The summed E-state index contributed by atoms with van der Waals surface area (Å²) in [5.74, 6) is -0.0125. The summed E-state index contributed by atoms with van der Waals surface area (Å²) in [4.78, 5) is 11.7. The molecule has 54 valence electrons. The fourth-order valence-electron chi connectivity index (χ4n) is 0.704. The second kappa shape index (κ2) is 2.84. The van der Waals surface area contributed by atoms with E-state index in [1.165, 1.54) is 6.92 Å². The first-order valence-electron chi connectivity index (χ1n) is 3.02. The number of hydrogen-bond donors (Lipinski definition) is 1. The van der Waals surface area contributed by atoms with Gasteiger partial charge in [-0.05, 0) is 18.4 Å². The molecule has 0 unspecified atom stereocenters. The Morgan fingerprint density at radius 2 is 2.40 bits per heavy atom. The van der Waals surface area contributed by atoms with E-state index in [1.54, 1.807) is 11.3 Å². The van der Waals surface area contributed by atoms with Gasteiger partial charge in [0.25, 0.3) is 0 Å². The number of anilines is 1.